The number of hydrogen-bond donors (Lipinski definition) is 1. The summed E-state index contributed by atoms with van der Waals surface area (Å²) in [5, 5.41) is 2.80. The van der Waals surface area contributed by atoms with Crippen LogP contribution in [0.1, 0.15) is 22.6 Å². The van der Waals surface area contributed by atoms with Gasteiger partial charge in [-0.25, -0.2) is 0 Å². The number of nitrogens with zero attached hydrogens (tertiary/aromatic N) is 2. The van der Waals surface area contributed by atoms with E-state index in [0.29, 0.717) is 43.4 Å². The third-order valence-corrected chi connectivity index (χ3v) is 5.94. The van der Waals surface area contributed by atoms with Crippen LogP contribution in [-0.2, 0) is 30.6 Å². The van der Waals surface area contributed by atoms with Gasteiger partial charge in [0.1, 0.15) is 0 Å². The quantitative estimate of drug-likeness (QED) is 0.546. The summed E-state index contributed by atoms with van der Waals surface area (Å²) >= 11 is 1.32. The van der Waals surface area contributed by atoms with Gasteiger partial charge in [0.05, 0.1) is 13.2 Å². The van der Waals surface area contributed by atoms with E-state index >= 15 is 0 Å². The van der Waals surface area contributed by atoms with E-state index in [2.05, 4.69) is 14.9 Å². The van der Waals surface area contributed by atoms with E-state index in [1.54, 1.807) is 30.6 Å². The van der Waals surface area contributed by atoms with E-state index in [0.717, 1.165) is 16.1 Å². The standard InChI is InChI=1S/C23H23N3O4.W/c27-23-20-16-18(30-19-9-15-28-17-19)7-8-21(20)29-14-5-4-12-26-13-11-24-22(26)6-2-1-3-10-25-23;/h1-5,7-8,10-11,13,16,19H,9,12,14-15,17H2,(H,25,27);. The molecule has 7 nitrogen and oxygen atoms in total. The topological polar surface area (TPSA) is 74.6 Å². The number of nitrogens with one attached hydrogen (secondary N) is 1. The van der Waals surface area contributed by atoms with Crippen LogP contribution in [0.4, 0.5) is 0 Å². The van der Waals surface area contributed by atoms with E-state index in [1.165, 1.54) is 19.4 Å². The average molecular weight is 589 g/mol. The number of fused-ring (bicyclic) bond motifs is 2. The van der Waals surface area contributed by atoms with E-state index < -0.39 is 0 Å². The molecule has 1 saturated heterocycles. The summed E-state index contributed by atoms with van der Waals surface area (Å²) in [6.45, 7) is 2.31. The van der Waals surface area contributed by atoms with E-state index in [4.69, 9.17) is 14.2 Å². The number of allylic oxidation sites excluding steroid dienone is 4. The zero-order chi connectivity index (χ0) is 21.5. The molecule has 0 bridgehead atoms. The van der Waals surface area contributed by atoms with Gasteiger partial charge in [0.15, 0.2) is 0 Å². The van der Waals surface area contributed by atoms with Crippen LogP contribution in [0.15, 0.2) is 67.2 Å². The molecule has 2 aliphatic heterocycles. The predicted molar refractivity (Wildman–Crippen MR) is 113 cm³/mol. The van der Waals surface area contributed by atoms with Crippen molar-refractivity contribution in [3.8, 4) is 11.5 Å². The fourth-order valence-corrected chi connectivity index (χ4v) is 4.13. The van der Waals surface area contributed by atoms with E-state index in [9.17, 15) is 4.79 Å². The molecule has 3 heterocycles. The summed E-state index contributed by atoms with van der Waals surface area (Å²) in [7, 11) is 0. The Morgan fingerprint density at radius 1 is 1.26 bits per heavy atom. The number of aromatic nitrogens is 2. The van der Waals surface area contributed by atoms with Gasteiger partial charge >= 0.3 is 168 Å². The molecule has 1 amide bonds. The van der Waals surface area contributed by atoms with Gasteiger partial charge in [-0.1, -0.05) is 0 Å². The van der Waals surface area contributed by atoms with Gasteiger partial charge in [0, 0.05) is 6.42 Å². The summed E-state index contributed by atoms with van der Waals surface area (Å²) < 4.78 is 20.4. The minimum absolute atomic E-state index is 0.0101. The number of imidazole rings is 1. The maximum absolute atomic E-state index is 12.8. The van der Waals surface area contributed by atoms with Crippen molar-refractivity contribution in [2.75, 3.05) is 19.8 Å². The molecule has 2 aliphatic rings. The van der Waals surface area contributed by atoms with Crippen molar-refractivity contribution in [3.63, 3.8) is 0 Å². The number of ether oxygens (including phenoxy) is 3. The van der Waals surface area contributed by atoms with Crippen molar-refractivity contribution in [2.45, 2.75) is 19.1 Å². The average Bonchev–Trinajstić information content (AvgIpc) is 3.45. The van der Waals surface area contributed by atoms with Crippen molar-refractivity contribution in [2.24, 2.45) is 0 Å². The Hall–Kier alpha value is -2.76. The van der Waals surface area contributed by atoms with Crippen LogP contribution < -0.4 is 14.8 Å². The predicted octanol–water partition coefficient (Wildman–Crippen LogP) is 2.57. The van der Waals surface area contributed by atoms with Crippen molar-refractivity contribution >= 4 is 9.81 Å². The number of benzene rings is 1. The monoisotopic (exact) mass is 589 g/mol. The van der Waals surface area contributed by atoms with Gasteiger partial charge < -0.3 is 4.74 Å². The second-order valence-corrected chi connectivity index (χ2v) is 8.58. The molecule has 1 atom stereocenters. The molecule has 0 spiro atoms. The molecular weight excluding hydrogens is 566 g/mol. The molecule has 1 aromatic heterocycles. The first-order valence-electron chi connectivity index (χ1n) is 10.1. The molecule has 4 rings (SSSR count). The van der Waals surface area contributed by atoms with Crippen molar-refractivity contribution < 1.29 is 38.4 Å². The number of amides is 1. The molecule has 2 aromatic rings. The first kappa shape index (κ1) is 21.5. The van der Waals surface area contributed by atoms with E-state index in [1.807, 2.05) is 36.6 Å². The molecule has 0 radical (unpaired) electrons. The summed E-state index contributed by atoms with van der Waals surface area (Å²) in [5.74, 6) is 1.81. The number of carbonyl (C=O) groups excluding carboxylic acids is 1. The van der Waals surface area contributed by atoms with Gasteiger partial charge in [-0.3, -0.25) is 0 Å². The zero-order valence-electron chi connectivity index (χ0n) is 16.9. The first-order valence-corrected chi connectivity index (χ1v) is 11.5. The van der Waals surface area contributed by atoms with Crippen LogP contribution in [0.5, 0.6) is 11.5 Å². The number of hydrogen-bond acceptors (Lipinski definition) is 5. The van der Waals surface area contributed by atoms with Crippen molar-refractivity contribution in [3.05, 3.63) is 78.6 Å². The van der Waals surface area contributed by atoms with Gasteiger partial charge in [-0.15, -0.1) is 0 Å². The minimum atomic E-state index is -0.259. The Morgan fingerprint density at radius 3 is 3.06 bits per heavy atom. The molecule has 8 heteroatoms. The summed E-state index contributed by atoms with van der Waals surface area (Å²) in [6, 6.07) is 5.32. The number of rotatable bonds is 2. The molecular formula is C23H23N3O4W. The SMILES string of the molecule is O=C1NC=CC=C[C](=[W])c2nccn2CC=CCOc2ccc(OC3CCOC3)cc21. The molecule has 160 valence electrons. The Kier molecular flexibility index (Phi) is 7.28. The molecule has 1 N–H and O–H groups in total. The summed E-state index contributed by atoms with van der Waals surface area (Å²) in [4.78, 5) is 17.2. The summed E-state index contributed by atoms with van der Waals surface area (Å²) in [6.07, 6.45) is 15.9. The van der Waals surface area contributed by atoms with Crippen LogP contribution >= 0.6 is 0 Å². The van der Waals surface area contributed by atoms with Crippen molar-refractivity contribution in [1.29, 1.82) is 0 Å². The molecule has 0 saturated carbocycles. The maximum atomic E-state index is 12.8. The van der Waals surface area contributed by atoms with Gasteiger partial charge in [0.2, 0.25) is 0 Å². The first-order chi connectivity index (χ1) is 15.2. The molecule has 31 heavy (non-hydrogen) atoms. The Balaban J connectivity index is 1.56. The zero-order valence-corrected chi connectivity index (χ0v) is 19.8. The third kappa shape index (κ3) is 5.69. The van der Waals surface area contributed by atoms with Crippen LogP contribution in [-0.4, -0.2) is 45.3 Å². The second kappa shape index (κ2) is 10.5. The Bertz CT molecular complexity index is 1040. The molecule has 1 unspecified atom stereocenters. The number of carbonyl (C=O) groups is 1. The third-order valence-electron chi connectivity index (χ3n) is 4.80. The van der Waals surface area contributed by atoms with Gasteiger partial charge in [0.25, 0.3) is 0 Å². The normalized spacial score (nSPS) is 19.4. The van der Waals surface area contributed by atoms with Crippen LogP contribution in [0, 0.1) is 0 Å². The Morgan fingerprint density at radius 2 is 2.19 bits per heavy atom. The van der Waals surface area contributed by atoms with Crippen molar-refractivity contribution in [1.82, 2.24) is 14.9 Å². The molecule has 1 aromatic carbocycles. The van der Waals surface area contributed by atoms with Crippen LogP contribution in [0.3, 0.4) is 0 Å². The van der Waals surface area contributed by atoms with Gasteiger partial charge in [-0.05, 0) is 0 Å². The summed E-state index contributed by atoms with van der Waals surface area (Å²) in [5.41, 5.74) is 0.426. The molecule has 1 fully saturated rings. The van der Waals surface area contributed by atoms with E-state index in [-0.39, 0.29) is 12.0 Å². The fourth-order valence-electron chi connectivity index (χ4n) is 3.23. The second-order valence-electron chi connectivity index (χ2n) is 7.00. The molecule has 0 aliphatic carbocycles. The van der Waals surface area contributed by atoms with Crippen LogP contribution in [0.25, 0.3) is 0 Å². The van der Waals surface area contributed by atoms with Crippen LogP contribution in [0.2, 0.25) is 0 Å². The Labute approximate surface area is 191 Å². The van der Waals surface area contributed by atoms with Gasteiger partial charge in [-0.2, -0.15) is 0 Å². The fraction of sp³-hybridized carbons (Fsp3) is 0.261.